The molecule has 0 aliphatic carbocycles. The van der Waals surface area contributed by atoms with Crippen molar-refractivity contribution in [2.75, 3.05) is 14.2 Å². The van der Waals surface area contributed by atoms with E-state index >= 15 is 0 Å². The van der Waals surface area contributed by atoms with E-state index < -0.39 is 0 Å². The molecule has 2 aromatic rings. The predicted molar refractivity (Wildman–Crippen MR) is 82.8 cm³/mol. The summed E-state index contributed by atoms with van der Waals surface area (Å²) in [5, 5.41) is 3.95. The topological polar surface area (TPSA) is 73.1 Å². The lowest BCUT2D eigenvalue weighted by Crippen LogP contribution is -2.17. The van der Waals surface area contributed by atoms with Gasteiger partial charge in [0.2, 0.25) is 0 Å². The highest BCUT2D eigenvalue weighted by atomic mass is 16.5. The fraction of sp³-hybridized carbons (Fsp3) is 0.250. The summed E-state index contributed by atoms with van der Waals surface area (Å²) in [5.74, 6) is 2.06. The summed E-state index contributed by atoms with van der Waals surface area (Å²) in [6.07, 6.45) is 1.50. The molecule has 2 rings (SSSR count). The Hall–Kier alpha value is -2.76. The summed E-state index contributed by atoms with van der Waals surface area (Å²) in [6, 6.07) is 7.08. The summed E-state index contributed by atoms with van der Waals surface area (Å²) in [7, 11) is 3.11. The Bertz CT molecular complexity index is 704. The second kappa shape index (κ2) is 6.80. The van der Waals surface area contributed by atoms with Gasteiger partial charge in [-0.05, 0) is 32.0 Å². The van der Waals surface area contributed by atoms with Crippen LogP contribution in [-0.4, -0.2) is 26.3 Å². The molecule has 1 aromatic heterocycles. The van der Waals surface area contributed by atoms with Crippen LogP contribution in [0.2, 0.25) is 0 Å². The summed E-state index contributed by atoms with van der Waals surface area (Å²) >= 11 is 0. The molecule has 1 amide bonds. The quantitative estimate of drug-likeness (QED) is 0.681. The molecule has 0 fully saturated rings. The molecule has 6 heteroatoms. The number of hydrogen-bond acceptors (Lipinski definition) is 5. The highest BCUT2D eigenvalue weighted by Crippen LogP contribution is 2.29. The number of benzene rings is 1. The maximum atomic E-state index is 12.0. The highest BCUT2D eigenvalue weighted by Gasteiger charge is 2.13. The molecule has 0 saturated heterocycles. The molecule has 22 heavy (non-hydrogen) atoms. The van der Waals surface area contributed by atoms with E-state index in [1.165, 1.54) is 6.21 Å². The van der Waals surface area contributed by atoms with E-state index in [9.17, 15) is 4.79 Å². The van der Waals surface area contributed by atoms with Gasteiger partial charge in [-0.2, -0.15) is 5.10 Å². The number of nitrogens with one attached hydrogen (secondary N) is 1. The SMILES string of the molecule is COc1cccc(/C=N/NC(=O)c2cc(C)oc2C)c1OC. The first-order valence-electron chi connectivity index (χ1n) is 6.68. The Kier molecular flexibility index (Phi) is 4.83. The van der Waals surface area contributed by atoms with Crippen molar-refractivity contribution in [1.82, 2.24) is 5.43 Å². The van der Waals surface area contributed by atoms with E-state index in [2.05, 4.69) is 10.5 Å². The van der Waals surface area contributed by atoms with Crippen molar-refractivity contribution in [1.29, 1.82) is 0 Å². The van der Waals surface area contributed by atoms with Gasteiger partial charge < -0.3 is 13.9 Å². The zero-order chi connectivity index (χ0) is 16.1. The molecule has 116 valence electrons. The van der Waals surface area contributed by atoms with Crippen molar-refractivity contribution < 1.29 is 18.7 Å². The van der Waals surface area contributed by atoms with Crippen LogP contribution in [0.4, 0.5) is 0 Å². The monoisotopic (exact) mass is 302 g/mol. The minimum atomic E-state index is -0.326. The van der Waals surface area contributed by atoms with E-state index in [0.717, 1.165) is 0 Å². The number of rotatable bonds is 5. The molecule has 0 bridgehead atoms. The minimum absolute atomic E-state index is 0.326. The molecule has 1 N–H and O–H groups in total. The summed E-state index contributed by atoms with van der Waals surface area (Å²) < 4.78 is 15.8. The lowest BCUT2D eigenvalue weighted by Gasteiger charge is -2.09. The molecule has 0 aliphatic heterocycles. The van der Waals surface area contributed by atoms with E-state index in [1.807, 2.05) is 12.1 Å². The molecule has 0 unspecified atom stereocenters. The molecule has 0 spiro atoms. The highest BCUT2D eigenvalue weighted by molar-refractivity contribution is 5.96. The van der Waals surface area contributed by atoms with E-state index in [4.69, 9.17) is 13.9 Å². The molecule has 6 nitrogen and oxygen atoms in total. The van der Waals surface area contributed by atoms with Crippen molar-refractivity contribution in [3.8, 4) is 11.5 Å². The molecule has 0 aliphatic rings. The summed E-state index contributed by atoms with van der Waals surface area (Å²) in [6.45, 7) is 3.52. The van der Waals surface area contributed by atoms with E-state index in [-0.39, 0.29) is 5.91 Å². The average Bonchev–Trinajstić information content (AvgIpc) is 2.85. The van der Waals surface area contributed by atoms with Crippen LogP contribution in [0.15, 0.2) is 33.8 Å². The van der Waals surface area contributed by atoms with Gasteiger partial charge in [0, 0.05) is 5.56 Å². The number of methoxy groups -OCH3 is 2. The number of furan rings is 1. The van der Waals surface area contributed by atoms with Crippen LogP contribution in [0.3, 0.4) is 0 Å². The Balaban J connectivity index is 2.13. The van der Waals surface area contributed by atoms with Crippen molar-refractivity contribution in [2.45, 2.75) is 13.8 Å². The van der Waals surface area contributed by atoms with Crippen LogP contribution < -0.4 is 14.9 Å². The standard InChI is InChI=1S/C16H18N2O4/c1-10-8-13(11(2)22-10)16(19)18-17-9-12-6-5-7-14(20-3)15(12)21-4/h5-9H,1-4H3,(H,18,19)/b17-9+. The molecule has 0 saturated carbocycles. The van der Waals surface area contributed by atoms with Gasteiger partial charge in [0.15, 0.2) is 11.5 Å². The summed E-state index contributed by atoms with van der Waals surface area (Å²) in [4.78, 5) is 12.0. The van der Waals surface area contributed by atoms with Gasteiger partial charge in [0.25, 0.3) is 5.91 Å². The van der Waals surface area contributed by atoms with Crippen LogP contribution in [-0.2, 0) is 0 Å². The van der Waals surface area contributed by atoms with E-state index in [0.29, 0.717) is 34.1 Å². The number of amides is 1. The number of hydrazone groups is 1. The zero-order valence-corrected chi connectivity index (χ0v) is 13.0. The predicted octanol–water partition coefficient (Wildman–Crippen LogP) is 2.68. The molecular formula is C16H18N2O4. The molecule has 0 atom stereocenters. The van der Waals surface area contributed by atoms with Gasteiger partial charge in [-0.3, -0.25) is 4.79 Å². The molecular weight excluding hydrogens is 284 g/mol. The summed E-state index contributed by atoms with van der Waals surface area (Å²) in [5.41, 5.74) is 3.63. The number of ether oxygens (including phenoxy) is 2. The van der Waals surface area contributed by atoms with Crippen molar-refractivity contribution in [3.05, 3.63) is 46.9 Å². The van der Waals surface area contributed by atoms with Crippen molar-refractivity contribution >= 4 is 12.1 Å². The third-order valence-corrected chi connectivity index (χ3v) is 3.09. The molecule has 1 aromatic carbocycles. The van der Waals surface area contributed by atoms with Crippen LogP contribution in [0, 0.1) is 13.8 Å². The van der Waals surface area contributed by atoms with Crippen LogP contribution in [0.25, 0.3) is 0 Å². The third kappa shape index (κ3) is 3.28. The first-order valence-corrected chi connectivity index (χ1v) is 6.68. The first-order chi connectivity index (χ1) is 10.6. The Morgan fingerprint density at radius 2 is 2.05 bits per heavy atom. The van der Waals surface area contributed by atoms with Crippen LogP contribution in [0.1, 0.15) is 27.4 Å². The smallest absolute Gasteiger partial charge is 0.274 e. The fourth-order valence-electron chi connectivity index (χ4n) is 2.09. The van der Waals surface area contributed by atoms with Crippen LogP contribution >= 0.6 is 0 Å². The zero-order valence-electron chi connectivity index (χ0n) is 13.0. The van der Waals surface area contributed by atoms with Gasteiger partial charge in [0.1, 0.15) is 11.5 Å². The molecule has 0 radical (unpaired) electrons. The van der Waals surface area contributed by atoms with E-state index in [1.54, 1.807) is 40.2 Å². The number of para-hydroxylation sites is 1. The second-order valence-corrected chi connectivity index (χ2v) is 4.61. The second-order valence-electron chi connectivity index (χ2n) is 4.61. The van der Waals surface area contributed by atoms with Gasteiger partial charge in [-0.1, -0.05) is 6.07 Å². The largest absolute Gasteiger partial charge is 0.493 e. The fourth-order valence-corrected chi connectivity index (χ4v) is 2.09. The number of carbonyl (C=O) groups excluding carboxylic acids is 1. The van der Waals surface area contributed by atoms with Gasteiger partial charge in [0.05, 0.1) is 26.0 Å². The number of aryl methyl sites for hydroxylation is 2. The lowest BCUT2D eigenvalue weighted by molar-refractivity contribution is 0.0953. The maximum absolute atomic E-state index is 12.0. The van der Waals surface area contributed by atoms with Gasteiger partial charge in [-0.25, -0.2) is 5.43 Å². The van der Waals surface area contributed by atoms with Crippen molar-refractivity contribution in [2.24, 2.45) is 5.10 Å². The minimum Gasteiger partial charge on any atom is -0.493 e. The number of hydrogen-bond donors (Lipinski definition) is 1. The Morgan fingerprint density at radius 3 is 2.64 bits per heavy atom. The average molecular weight is 302 g/mol. The number of carbonyl (C=O) groups is 1. The Morgan fingerprint density at radius 1 is 1.27 bits per heavy atom. The Labute approximate surface area is 128 Å². The maximum Gasteiger partial charge on any atom is 0.274 e. The normalized spacial score (nSPS) is 10.7. The third-order valence-electron chi connectivity index (χ3n) is 3.09. The molecule has 1 heterocycles. The first kappa shape index (κ1) is 15.6. The lowest BCUT2D eigenvalue weighted by atomic mass is 10.2. The van der Waals surface area contributed by atoms with Gasteiger partial charge in [-0.15, -0.1) is 0 Å². The number of nitrogens with zero attached hydrogens (tertiary/aromatic N) is 1. The van der Waals surface area contributed by atoms with Crippen LogP contribution in [0.5, 0.6) is 11.5 Å². The van der Waals surface area contributed by atoms with Crippen molar-refractivity contribution in [3.63, 3.8) is 0 Å². The van der Waals surface area contributed by atoms with Gasteiger partial charge >= 0.3 is 0 Å².